The zero-order valence-corrected chi connectivity index (χ0v) is 15.8. The zero-order chi connectivity index (χ0) is 18.0. The molecule has 0 aliphatic rings. The van der Waals surface area contributed by atoms with Gasteiger partial charge in [-0.3, -0.25) is 4.68 Å². The summed E-state index contributed by atoms with van der Waals surface area (Å²) in [6, 6.07) is 5.89. The van der Waals surface area contributed by atoms with Gasteiger partial charge in [0.2, 0.25) is 5.95 Å². The first-order chi connectivity index (χ1) is 12.0. The van der Waals surface area contributed by atoms with Crippen molar-refractivity contribution in [2.75, 3.05) is 23.3 Å². The van der Waals surface area contributed by atoms with E-state index in [0.29, 0.717) is 5.95 Å². The van der Waals surface area contributed by atoms with Crippen LogP contribution in [0.25, 0.3) is 11.0 Å². The van der Waals surface area contributed by atoms with E-state index < -0.39 is 0 Å². The van der Waals surface area contributed by atoms with Gasteiger partial charge < -0.3 is 10.2 Å². The Balaban J connectivity index is 2.07. The van der Waals surface area contributed by atoms with Gasteiger partial charge in [0.15, 0.2) is 5.65 Å². The van der Waals surface area contributed by atoms with Crippen LogP contribution in [0.5, 0.6) is 0 Å². The van der Waals surface area contributed by atoms with E-state index in [4.69, 9.17) is 21.6 Å². The minimum Gasteiger partial charge on any atom is -0.341 e. The van der Waals surface area contributed by atoms with Gasteiger partial charge in [0.25, 0.3) is 0 Å². The highest BCUT2D eigenvalue weighted by Gasteiger charge is 2.15. The van der Waals surface area contributed by atoms with E-state index >= 15 is 0 Å². The highest BCUT2D eigenvalue weighted by atomic mass is 35.5. The lowest BCUT2D eigenvalue weighted by Crippen LogP contribution is -2.26. The molecule has 25 heavy (non-hydrogen) atoms. The van der Waals surface area contributed by atoms with E-state index in [2.05, 4.69) is 29.2 Å². The highest BCUT2D eigenvalue weighted by molar-refractivity contribution is 6.31. The van der Waals surface area contributed by atoms with Gasteiger partial charge in [0.05, 0.1) is 11.6 Å². The van der Waals surface area contributed by atoms with Gasteiger partial charge in [-0.05, 0) is 38.0 Å². The Morgan fingerprint density at radius 3 is 2.72 bits per heavy atom. The molecule has 0 bridgehead atoms. The summed E-state index contributed by atoms with van der Waals surface area (Å²) in [6.07, 6.45) is 2.82. The quantitative estimate of drug-likeness (QED) is 0.711. The van der Waals surface area contributed by atoms with Crippen molar-refractivity contribution in [3.8, 4) is 0 Å². The molecule has 1 N–H and O–H groups in total. The van der Waals surface area contributed by atoms with Crippen molar-refractivity contribution >= 4 is 40.1 Å². The van der Waals surface area contributed by atoms with Crippen LogP contribution in [-0.4, -0.2) is 32.8 Å². The second-order valence-corrected chi connectivity index (χ2v) is 6.45. The van der Waals surface area contributed by atoms with Gasteiger partial charge in [-0.2, -0.15) is 15.1 Å². The monoisotopic (exact) mass is 358 g/mol. The SMILES string of the molecule is CCCN(CC)c1nc(Nc2ccc(C)c(Cl)c2)c2cnn(C)c2n1. The van der Waals surface area contributed by atoms with Crippen LogP contribution in [0.15, 0.2) is 24.4 Å². The first kappa shape index (κ1) is 17.5. The van der Waals surface area contributed by atoms with Crippen LogP contribution in [0.3, 0.4) is 0 Å². The average molecular weight is 359 g/mol. The Kier molecular flexibility index (Phi) is 5.08. The zero-order valence-electron chi connectivity index (χ0n) is 15.0. The number of benzene rings is 1. The number of anilines is 3. The Morgan fingerprint density at radius 1 is 1.24 bits per heavy atom. The molecule has 3 rings (SSSR count). The van der Waals surface area contributed by atoms with Gasteiger partial charge in [0.1, 0.15) is 5.82 Å². The maximum absolute atomic E-state index is 6.25. The standard InChI is InChI=1S/C18H23ClN6/c1-5-9-25(6-2)18-22-16(14-11-20-24(4)17(14)23-18)21-13-8-7-12(3)15(19)10-13/h7-8,10-11H,5-6,9H2,1-4H3,(H,21,22,23). The number of hydrogen-bond acceptors (Lipinski definition) is 5. The number of fused-ring (bicyclic) bond motifs is 1. The van der Waals surface area contributed by atoms with Crippen LogP contribution in [0.2, 0.25) is 5.02 Å². The molecule has 0 saturated carbocycles. The number of aryl methyl sites for hydroxylation is 2. The number of hydrogen-bond donors (Lipinski definition) is 1. The third-order valence-corrected chi connectivity index (χ3v) is 4.58. The van der Waals surface area contributed by atoms with E-state index in [1.54, 1.807) is 10.9 Å². The number of halogens is 1. The second-order valence-electron chi connectivity index (χ2n) is 6.05. The summed E-state index contributed by atoms with van der Waals surface area (Å²) in [5.74, 6) is 1.45. The van der Waals surface area contributed by atoms with E-state index in [1.807, 2.05) is 32.2 Å². The maximum Gasteiger partial charge on any atom is 0.229 e. The fourth-order valence-electron chi connectivity index (χ4n) is 2.72. The Hall–Kier alpha value is -2.34. The summed E-state index contributed by atoms with van der Waals surface area (Å²) in [6.45, 7) is 8.01. The van der Waals surface area contributed by atoms with E-state index in [1.165, 1.54) is 0 Å². The molecule has 0 unspecified atom stereocenters. The van der Waals surface area contributed by atoms with Crippen molar-refractivity contribution in [1.29, 1.82) is 0 Å². The molecule has 0 fully saturated rings. The van der Waals surface area contributed by atoms with Crippen molar-refractivity contribution in [3.05, 3.63) is 35.0 Å². The molecule has 0 amide bonds. The van der Waals surface area contributed by atoms with Crippen LogP contribution in [0.4, 0.5) is 17.5 Å². The van der Waals surface area contributed by atoms with Crippen LogP contribution < -0.4 is 10.2 Å². The number of nitrogens with one attached hydrogen (secondary N) is 1. The molecule has 132 valence electrons. The summed E-state index contributed by atoms with van der Waals surface area (Å²) < 4.78 is 1.77. The lowest BCUT2D eigenvalue weighted by atomic mass is 10.2. The van der Waals surface area contributed by atoms with Gasteiger partial charge in [-0.15, -0.1) is 0 Å². The summed E-state index contributed by atoms with van der Waals surface area (Å²) in [5, 5.41) is 9.32. The number of nitrogens with zero attached hydrogens (tertiary/aromatic N) is 5. The Labute approximate surface area is 152 Å². The summed E-state index contributed by atoms with van der Waals surface area (Å²) >= 11 is 6.25. The molecule has 0 aliphatic heterocycles. The van der Waals surface area contributed by atoms with Crippen LogP contribution in [-0.2, 0) is 7.05 Å². The fourth-order valence-corrected chi connectivity index (χ4v) is 2.90. The molecule has 3 aromatic rings. The van der Waals surface area contributed by atoms with Gasteiger partial charge in [0, 0.05) is 30.8 Å². The third-order valence-electron chi connectivity index (χ3n) is 4.17. The van der Waals surface area contributed by atoms with E-state index in [9.17, 15) is 0 Å². The van der Waals surface area contributed by atoms with Crippen LogP contribution >= 0.6 is 11.6 Å². The molecule has 0 aliphatic carbocycles. The minimum atomic E-state index is 0.709. The summed E-state index contributed by atoms with van der Waals surface area (Å²) in [4.78, 5) is 11.6. The van der Waals surface area contributed by atoms with Gasteiger partial charge in [-0.25, -0.2) is 0 Å². The molecule has 7 heteroatoms. The molecule has 2 heterocycles. The predicted octanol–water partition coefficient (Wildman–Crippen LogP) is 4.31. The molecule has 0 radical (unpaired) electrons. The van der Waals surface area contributed by atoms with Crippen molar-refractivity contribution in [3.63, 3.8) is 0 Å². The van der Waals surface area contributed by atoms with Gasteiger partial charge in [-0.1, -0.05) is 24.6 Å². The lowest BCUT2D eigenvalue weighted by Gasteiger charge is -2.21. The Bertz CT molecular complexity index is 889. The first-order valence-electron chi connectivity index (χ1n) is 8.51. The summed E-state index contributed by atoms with van der Waals surface area (Å²) in [5.41, 5.74) is 2.74. The van der Waals surface area contributed by atoms with Crippen LogP contribution in [0.1, 0.15) is 25.8 Å². The Morgan fingerprint density at radius 2 is 2.04 bits per heavy atom. The maximum atomic E-state index is 6.25. The third kappa shape index (κ3) is 3.54. The molecular weight excluding hydrogens is 336 g/mol. The van der Waals surface area contributed by atoms with E-state index in [0.717, 1.165) is 52.6 Å². The topological polar surface area (TPSA) is 58.9 Å². The van der Waals surface area contributed by atoms with Crippen LogP contribution in [0, 0.1) is 6.92 Å². The average Bonchev–Trinajstić information content (AvgIpc) is 2.97. The molecule has 0 saturated heterocycles. The van der Waals surface area contributed by atoms with Crippen molar-refractivity contribution in [2.24, 2.45) is 7.05 Å². The number of rotatable bonds is 6. The lowest BCUT2D eigenvalue weighted by molar-refractivity contribution is 0.754. The van der Waals surface area contributed by atoms with Crippen molar-refractivity contribution < 1.29 is 0 Å². The minimum absolute atomic E-state index is 0.709. The van der Waals surface area contributed by atoms with Crippen molar-refractivity contribution in [1.82, 2.24) is 19.7 Å². The molecule has 6 nitrogen and oxygen atoms in total. The van der Waals surface area contributed by atoms with E-state index in [-0.39, 0.29) is 0 Å². The molecule has 0 spiro atoms. The molecule has 0 atom stereocenters. The summed E-state index contributed by atoms with van der Waals surface area (Å²) in [7, 11) is 1.89. The fraction of sp³-hybridized carbons (Fsp3) is 0.389. The predicted molar refractivity (Wildman–Crippen MR) is 104 cm³/mol. The normalized spacial score (nSPS) is 11.1. The molecule has 2 aromatic heterocycles. The second kappa shape index (κ2) is 7.27. The number of aromatic nitrogens is 4. The largest absolute Gasteiger partial charge is 0.341 e. The van der Waals surface area contributed by atoms with Gasteiger partial charge >= 0.3 is 0 Å². The highest BCUT2D eigenvalue weighted by Crippen LogP contribution is 2.28. The van der Waals surface area contributed by atoms with Crippen molar-refractivity contribution in [2.45, 2.75) is 27.2 Å². The molecular formula is C18H23ClN6. The molecule has 1 aromatic carbocycles. The first-order valence-corrected chi connectivity index (χ1v) is 8.89. The smallest absolute Gasteiger partial charge is 0.229 e.